The molecule has 4 N–H and O–H groups in total. The second-order valence-corrected chi connectivity index (χ2v) is 9.57. The van der Waals surface area contributed by atoms with Crippen LogP contribution in [0.15, 0.2) is 0 Å². The van der Waals surface area contributed by atoms with E-state index in [1.807, 2.05) is 0 Å². The predicted octanol–water partition coefficient (Wildman–Crippen LogP) is 7.30. The van der Waals surface area contributed by atoms with Crippen molar-refractivity contribution in [2.24, 2.45) is 0 Å². The molecule has 0 fully saturated rings. The molecule has 0 spiro atoms. The molecule has 4 nitrogen and oxygen atoms in total. The smallest absolute Gasteiger partial charge is 0.0540 e. The Morgan fingerprint density at radius 3 is 0.906 bits per heavy atom. The summed E-state index contributed by atoms with van der Waals surface area (Å²) in [6, 6.07) is 0. The molecule has 0 saturated heterocycles. The minimum atomic E-state index is -0.137. The highest BCUT2D eigenvalue weighted by atomic mass is 16.3. The maximum atomic E-state index is 9.63. The topological polar surface area (TPSA) is 80.9 Å². The molecule has 0 aromatic heterocycles. The van der Waals surface area contributed by atoms with E-state index in [4.69, 9.17) is 10.2 Å². The third-order valence-electron chi connectivity index (χ3n) is 6.17. The van der Waals surface area contributed by atoms with Crippen LogP contribution in [0.2, 0.25) is 0 Å². The Bertz CT molecular complexity index is 282. The number of rotatable bonds is 24. The van der Waals surface area contributed by atoms with E-state index in [2.05, 4.69) is 13.8 Å². The van der Waals surface area contributed by atoms with Crippen molar-refractivity contribution in [1.82, 2.24) is 0 Å². The van der Waals surface area contributed by atoms with E-state index >= 15 is 0 Å². The van der Waals surface area contributed by atoms with Gasteiger partial charge in [0.15, 0.2) is 0 Å². The number of unbranched alkanes of at least 4 members (excludes halogenated alkanes) is 14. The fraction of sp³-hybridized carbons (Fsp3) is 1.00. The molecular weight excluding hydrogens is 400 g/mol. The maximum Gasteiger partial charge on any atom is 0.0540 e. The first kappa shape index (κ1) is 34.0. The molecule has 0 aliphatic carbocycles. The van der Waals surface area contributed by atoms with Crippen molar-refractivity contribution in [1.29, 1.82) is 0 Å². The summed E-state index contributed by atoms with van der Waals surface area (Å²) in [5.74, 6) is 0. The van der Waals surface area contributed by atoms with Crippen molar-refractivity contribution in [2.75, 3.05) is 13.2 Å². The van der Waals surface area contributed by atoms with E-state index in [-0.39, 0.29) is 25.4 Å². The molecule has 32 heavy (non-hydrogen) atoms. The third-order valence-corrected chi connectivity index (χ3v) is 6.17. The van der Waals surface area contributed by atoms with E-state index in [0.29, 0.717) is 0 Å². The van der Waals surface area contributed by atoms with Gasteiger partial charge < -0.3 is 20.4 Å². The molecule has 0 amide bonds. The first-order valence-corrected chi connectivity index (χ1v) is 14.2. The summed E-state index contributed by atoms with van der Waals surface area (Å²) in [6.45, 7) is 4.99. The summed E-state index contributed by atoms with van der Waals surface area (Å²) < 4.78 is 0. The average molecular weight is 461 g/mol. The van der Waals surface area contributed by atoms with Crippen LogP contribution in [-0.2, 0) is 0 Å². The summed E-state index contributed by atoms with van der Waals surface area (Å²) >= 11 is 0. The molecule has 0 bridgehead atoms. The van der Waals surface area contributed by atoms with Gasteiger partial charge in [-0.2, -0.15) is 0 Å². The lowest BCUT2D eigenvalue weighted by Gasteiger charge is -2.09. The Labute approximate surface area is 201 Å². The number of aliphatic hydroxyl groups excluding tert-OH is 4. The highest BCUT2D eigenvalue weighted by Gasteiger charge is 2.04. The third kappa shape index (κ3) is 32.0. The molecule has 2 atom stereocenters. The van der Waals surface area contributed by atoms with Crippen LogP contribution in [0.25, 0.3) is 0 Å². The highest BCUT2D eigenvalue weighted by Crippen LogP contribution is 2.13. The van der Waals surface area contributed by atoms with Gasteiger partial charge >= 0.3 is 0 Å². The number of hydrogen-bond acceptors (Lipinski definition) is 4. The highest BCUT2D eigenvalue weighted by molar-refractivity contribution is 4.58. The van der Waals surface area contributed by atoms with Gasteiger partial charge in [0.1, 0.15) is 0 Å². The molecule has 0 saturated carbocycles. The van der Waals surface area contributed by atoms with Gasteiger partial charge in [0.25, 0.3) is 0 Å². The lowest BCUT2D eigenvalue weighted by molar-refractivity contribution is 0.143. The van der Waals surface area contributed by atoms with E-state index in [1.54, 1.807) is 0 Å². The Kier molecular flexibility index (Phi) is 32.8. The largest absolute Gasteiger partial charge is 0.396 e. The molecular formula is C28H60O4. The van der Waals surface area contributed by atoms with Crippen molar-refractivity contribution in [3.63, 3.8) is 0 Å². The van der Waals surface area contributed by atoms with Gasteiger partial charge in [-0.05, 0) is 51.4 Å². The summed E-state index contributed by atoms with van der Waals surface area (Å²) in [6.07, 6.45) is 25.2. The monoisotopic (exact) mass is 460 g/mol. The fourth-order valence-corrected chi connectivity index (χ4v) is 3.95. The van der Waals surface area contributed by atoms with E-state index < -0.39 is 0 Å². The maximum absolute atomic E-state index is 9.63. The molecule has 0 aliphatic rings. The first-order chi connectivity index (χ1) is 15.6. The molecule has 2 unspecified atom stereocenters. The summed E-state index contributed by atoms with van der Waals surface area (Å²) in [5, 5.41) is 36.5. The van der Waals surface area contributed by atoms with Gasteiger partial charge in [0.05, 0.1) is 12.2 Å². The van der Waals surface area contributed by atoms with Crippen LogP contribution in [-0.4, -0.2) is 45.8 Å². The van der Waals surface area contributed by atoms with Crippen molar-refractivity contribution in [3.05, 3.63) is 0 Å². The lowest BCUT2D eigenvalue weighted by Crippen LogP contribution is -2.06. The second kappa shape index (κ2) is 30.8. The lowest BCUT2D eigenvalue weighted by atomic mass is 10.0. The van der Waals surface area contributed by atoms with Crippen molar-refractivity contribution in [3.8, 4) is 0 Å². The van der Waals surface area contributed by atoms with Crippen molar-refractivity contribution < 1.29 is 20.4 Å². The Morgan fingerprint density at radius 1 is 0.375 bits per heavy atom. The van der Waals surface area contributed by atoms with Gasteiger partial charge in [-0.3, -0.25) is 0 Å². The van der Waals surface area contributed by atoms with E-state index in [1.165, 1.54) is 77.0 Å². The quantitative estimate of drug-likeness (QED) is 0.114. The molecule has 0 radical (unpaired) electrons. The van der Waals surface area contributed by atoms with Crippen molar-refractivity contribution >= 4 is 0 Å². The molecule has 4 heteroatoms. The zero-order valence-electron chi connectivity index (χ0n) is 21.9. The zero-order chi connectivity index (χ0) is 24.1. The summed E-state index contributed by atoms with van der Waals surface area (Å²) in [7, 11) is 0. The van der Waals surface area contributed by atoms with Crippen molar-refractivity contribution in [2.45, 2.75) is 167 Å². The first-order valence-electron chi connectivity index (χ1n) is 14.2. The molecule has 0 heterocycles. The number of aliphatic hydroxyl groups is 4. The van der Waals surface area contributed by atoms with Crippen LogP contribution in [0.1, 0.15) is 155 Å². The average Bonchev–Trinajstić information content (AvgIpc) is 2.79. The van der Waals surface area contributed by atoms with Crippen LogP contribution < -0.4 is 0 Å². The van der Waals surface area contributed by atoms with Gasteiger partial charge in [-0.15, -0.1) is 0 Å². The van der Waals surface area contributed by atoms with Gasteiger partial charge in [0.2, 0.25) is 0 Å². The van der Waals surface area contributed by atoms with Gasteiger partial charge in [-0.1, -0.05) is 104 Å². The fourth-order valence-electron chi connectivity index (χ4n) is 3.95. The Hall–Kier alpha value is -0.160. The molecule has 0 aromatic carbocycles. The van der Waals surface area contributed by atoms with Gasteiger partial charge in [-0.25, -0.2) is 0 Å². The SMILES string of the molecule is CCCCCCCCCC(O)CCCCO.CCCCCCCCCC(O)CCCCO. The zero-order valence-corrected chi connectivity index (χ0v) is 21.9. The summed E-state index contributed by atoms with van der Waals surface area (Å²) in [4.78, 5) is 0. The minimum absolute atomic E-state index is 0.137. The van der Waals surface area contributed by atoms with Crippen LogP contribution >= 0.6 is 0 Å². The van der Waals surface area contributed by atoms with Crippen LogP contribution in [0, 0.1) is 0 Å². The molecule has 196 valence electrons. The van der Waals surface area contributed by atoms with Gasteiger partial charge in [0, 0.05) is 13.2 Å². The normalized spacial score (nSPS) is 12.9. The summed E-state index contributed by atoms with van der Waals surface area (Å²) in [5.41, 5.74) is 0. The standard InChI is InChI=1S/2C14H30O2/c2*1-2-3-4-5-6-7-8-11-14(16)12-9-10-13-15/h2*14-16H,2-13H2,1H3. The van der Waals surface area contributed by atoms with Crippen LogP contribution in [0.3, 0.4) is 0 Å². The van der Waals surface area contributed by atoms with E-state index in [9.17, 15) is 10.2 Å². The number of hydrogen-bond donors (Lipinski definition) is 4. The van der Waals surface area contributed by atoms with Crippen LogP contribution in [0.5, 0.6) is 0 Å². The Balaban J connectivity index is 0. The van der Waals surface area contributed by atoms with Crippen LogP contribution in [0.4, 0.5) is 0 Å². The molecule has 0 aromatic rings. The second-order valence-electron chi connectivity index (χ2n) is 9.57. The predicted molar refractivity (Wildman–Crippen MR) is 139 cm³/mol. The van der Waals surface area contributed by atoms with E-state index in [0.717, 1.165) is 64.2 Å². The minimum Gasteiger partial charge on any atom is -0.396 e. The molecule has 0 rings (SSSR count). The Morgan fingerprint density at radius 2 is 0.625 bits per heavy atom. The molecule has 0 aliphatic heterocycles.